The number of aliphatic hydroxyl groups excluding tert-OH is 1. The smallest absolute Gasteiger partial charge is 0.183 e. The van der Waals surface area contributed by atoms with Crippen LogP contribution in [0.1, 0.15) is 48.1 Å². The van der Waals surface area contributed by atoms with Crippen LogP contribution in [0.4, 0.5) is 14.6 Å². The van der Waals surface area contributed by atoms with Crippen molar-refractivity contribution in [2.45, 2.75) is 57.2 Å². The largest absolute Gasteiger partial charge is 0.390 e. The van der Waals surface area contributed by atoms with E-state index in [1.807, 2.05) is 0 Å². The van der Waals surface area contributed by atoms with Crippen molar-refractivity contribution in [1.82, 2.24) is 20.7 Å². The number of hydrogen-bond acceptors (Lipinski definition) is 5. The van der Waals surface area contributed by atoms with Crippen LogP contribution in [-0.4, -0.2) is 39.2 Å². The maximum absolute atomic E-state index is 13.7. The molecule has 33 heavy (non-hydrogen) atoms. The van der Waals surface area contributed by atoms with Gasteiger partial charge < -0.3 is 15.7 Å². The number of H-pyrrole nitrogens is 1. The number of aromatic amines is 1. The molecule has 9 heteroatoms. The minimum atomic E-state index is -0.848. The van der Waals surface area contributed by atoms with Crippen molar-refractivity contribution in [3.63, 3.8) is 0 Å². The second-order valence-corrected chi connectivity index (χ2v) is 9.25. The molecule has 0 saturated carbocycles. The lowest BCUT2D eigenvalue weighted by Gasteiger charge is -2.30. The molecule has 1 aliphatic carbocycles. The van der Waals surface area contributed by atoms with Crippen molar-refractivity contribution < 1.29 is 13.9 Å². The highest BCUT2D eigenvalue weighted by Gasteiger charge is 2.25. The fourth-order valence-electron chi connectivity index (χ4n) is 4.44. The molecule has 0 spiro atoms. The normalized spacial score (nSPS) is 17.4. The summed E-state index contributed by atoms with van der Waals surface area (Å²) >= 11 is 3.30. The number of nitrogens with zero attached hydrogens (tertiary/aromatic N) is 2. The van der Waals surface area contributed by atoms with Crippen LogP contribution in [0.2, 0.25) is 0 Å². The summed E-state index contributed by atoms with van der Waals surface area (Å²) in [5.41, 5.74) is 4.39. The highest BCUT2D eigenvalue weighted by atomic mass is 79.9. The van der Waals surface area contributed by atoms with Crippen molar-refractivity contribution in [1.29, 1.82) is 0 Å². The first kappa shape index (κ1) is 23.8. The summed E-state index contributed by atoms with van der Waals surface area (Å²) in [6.45, 7) is 2.45. The molecule has 1 aliphatic rings. The van der Waals surface area contributed by atoms with E-state index in [9.17, 15) is 13.9 Å². The highest BCUT2D eigenvalue weighted by molar-refractivity contribution is 9.10. The zero-order valence-corrected chi connectivity index (χ0v) is 20.0. The third kappa shape index (κ3) is 5.96. The van der Waals surface area contributed by atoms with E-state index in [2.05, 4.69) is 67.1 Å². The monoisotopic (exact) mass is 519 g/mol. The Bertz CT molecular complexity index is 1070. The molecule has 3 atom stereocenters. The summed E-state index contributed by atoms with van der Waals surface area (Å²) in [5, 5.41) is 28.2. The number of anilines is 1. The molecule has 0 bridgehead atoms. The highest BCUT2D eigenvalue weighted by Crippen LogP contribution is 2.31. The Labute approximate surface area is 200 Å². The molecule has 0 fully saturated rings. The van der Waals surface area contributed by atoms with Crippen LogP contribution in [-0.2, 0) is 19.3 Å². The molecule has 0 amide bonds. The first-order valence-corrected chi connectivity index (χ1v) is 12.0. The number of fused-ring (bicyclic) bond motifs is 1. The first-order valence-electron chi connectivity index (χ1n) is 11.2. The lowest BCUT2D eigenvalue weighted by molar-refractivity contribution is 0.143. The minimum absolute atomic E-state index is 0.154. The number of rotatable bonds is 9. The summed E-state index contributed by atoms with van der Waals surface area (Å²) in [6.07, 6.45) is 3.48. The number of aryl methyl sites for hydroxylation is 2. The van der Waals surface area contributed by atoms with Gasteiger partial charge in [-0.1, -0.05) is 25.1 Å². The molecular formula is C24H28BrF2N5O. The molecule has 1 aromatic heterocycles. The molecule has 4 rings (SSSR count). The zero-order valence-electron chi connectivity index (χ0n) is 18.4. The van der Waals surface area contributed by atoms with Crippen LogP contribution in [0.5, 0.6) is 0 Å². The van der Waals surface area contributed by atoms with Gasteiger partial charge in [0.15, 0.2) is 10.4 Å². The van der Waals surface area contributed by atoms with Crippen molar-refractivity contribution in [2.24, 2.45) is 0 Å². The molecule has 176 valence electrons. The summed E-state index contributed by atoms with van der Waals surface area (Å²) in [6, 6.07) is 9.65. The van der Waals surface area contributed by atoms with E-state index in [1.54, 1.807) is 0 Å². The van der Waals surface area contributed by atoms with Crippen LogP contribution in [0.15, 0.2) is 41.0 Å². The number of hydrogen-bond donors (Lipinski definition) is 4. The standard InChI is InChI=1S/C24H28BrF2N5O/c1-2-14-6-7-16-4-3-5-20(19(16)10-14)28-13-22(33)21(29-24-23(25)30-32-31-24)11-15-8-17(26)12-18(27)9-15/h6-10,12,20-22,28,33H,2-5,11,13H2,1H3,(H2,29,30,31,32). The molecule has 4 N–H and O–H groups in total. The van der Waals surface area contributed by atoms with Crippen LogP contribution in [0.3, 0.4) is 0 Å². The number of aromatic nitrogens is 3. The van der Waals surface area contributed by atoms with Crippen molar-refractivity contribution in [3.8, 4) is 0 Å². The quantitative estimate of drug-likeness (QED) is 0.335. The molecule has 2 aromatic carbocycles. The van der Waals surface area contributed by atoms with Crippen LogP contribution in [0.25, 0.3) is 0 Å². The molecule has 1 heterocycles. The van der Waals surface area contributed by atoms with Gasteiger partial charge >= 0.3 is 0 Å². The van der Waals surface area contributed by atoms with E-state index in [0.717, 1.165) is 31.7 Å². The van der Waals surface area contributed by atoms with Gasteiger partial charge in [-0.3, -0.25) is 0 Å². The van der Waals surface area contributed by atoms with Gasteiger partial charge in [0.05, 0.1) is 12.1 Å². The Balaban J connectivity index is 1.49. The van der Waals surface area contributed by atoms with E-state index in [0.29, 0.717) is 22.5 Å². The number of aliphatic hydroxyl groups is 1. The number of halogens is 3. The van der Waals surface area contributed by atoms with Gasteiger partial charge in [-0.15, -0.1) is 10.2 Å². The third-order valence-electron chi connectivity index (χ3n) is 6.18. The molecule has 3 unspecified atom stereocenters. The topological polar surface area (TPSA) is 85.9 Å². The average Bonchev–Trinajstić information content (AvgIpc) is 3.20. The average molecular weight is 520 g/mol. The summed E-state index contributed by atoms with van der Waals surface area (Å²) in [7, 11) is 0. The SMILES string of the molecule is CCc1ccc2c(c1)C(NCC(O)C(Cc1cc(F)cc(F)c1)Nc1n[nH]nc1Br)CCC2. The summed E-state index contributed by atoms with van der Waals surface area (Å²) in [4.78, 5) is 0. The Hall–Kier alpha value is -2.36. The van der Waals surface area contributed by atoms with Gasteiger partial charge in [-0.2, -0.15) is 5.21 Å². The predicted molar refractivity (Wildman–Crippen MR) is 127 cm³/mol. The fourth-order valence-corrected chi connectivity index (χ4v) is 4.72. The maximum atomic E-state index is 13.7. The zero-order chi connectivity index (χ0) is 23.4. The molecular weight excluding hydrogens is 492 g/mol. The summed E-state index contributed by atoms with van der Waals surface area (Å²) in [5.74, 6) is -0.874. The van der Waals surface area contributed by atoms with Gasteiger partial charge in [0.2, 0.25) is 0 Å². The van der Waals surface area contributed by atoms with E-state index in [-0.39, 0.29) is 12.5 Å². The molecule has 0 radical (unpaired) electrons. The number of benzene rings is 2. The van der Waals surface area contributed by atoms with Crippen molar-refractivity contribution in [2.75, 3.05) is 11.9 Å². The van der Waals surface area contributed by atoms with Crippen LogP contribution >= 0.6 is 15.9 Å². The molecule has 3 aromatic rings. The lowest BCUT2D eigenvalue weighted by atomic mass is 9.86. The van der Waals surface area contributed by atoms with E-state index in [1.165, 1.54) is 28.8 Å². The molecule has 0 saturated heterocycles. The van der Waals surface area contributed by atoms with Crippen molar-refractivity contribution >= 4 is 21.7 Å². The number of nitrogens with one attached hydrogen (secondary N) is 3. The van der Waals surface area contributed by atoms with Gasteiger partial charge in [-0.05, 0) is 82.4 Å². The Morgan fingerprint density at radius 2 is 1.94 bits per heavy atom. The lowest BCUT2D eigenvalue weighted by Crippen LogP contribution is -2.43. The van der Waals surface area contributed by atoms with E-state index >= 15 is 0 Å². The molecule has 6 nitrogen and oxygen atoms in total. The van der Waals surface area contributed by atoms with Crippen LogP contribution in [0, 0.1) is 11.6 Å². The minimum Gasteiger partial charge on any atom is -0.390 e. The maximum Gasteiger partial charge on any atom is 0.183 e. The van der Waals surface area contributed by atoms with E-state index in [4.69, 9.17) is 0 Å². The Kier molecular flexibility index (Phi) is 7.72. The van der Waals surface area contributed by atoms with Gasteiger partial charge in [0, 0.05) is 18.7 Å². The van der Waals surface area contributed by atoms with Crippen molar-refractivity contribution in [3.05, 3.63) is 74.9 Å². The van der Waals surface area contributed by atoms with Gasteiger partial charge in [0.1, 0.15) is 11.6 Å². The van der Waals surface area contributed by atoms with Gasteiger partial charge in [-0.25, -0.2) is 8.78 Å². The summed E-state index contributed by atoms with van der Waals surface area (Å²) < 4.78 is 28.0. The fraction of sp³-hybridized carbons (Fsp3) is 0.417. The Morgan fingerprint density at radius 3 is 2.64 bits per heavy atom. The Morgan fingerprint density at radius 1 is 1.15 bits per heavy atom. The van der Waals surface area contributed by atoms with Crippen LogP contribution < -0.4 is 10.6 Å². The van der Waals surface area contributed by atoms with E-state index < -0.39 is 23.8 Å². The first-order chi connectivity index (χ1) is 15.9. The second kappa shape index (κ2) is 10.7. The van der Waals surface area contributed by atoms with Gasteiger partial charge in [0.25, 0.3) is 0 Å². The third-order valence-corrected chi connectivity index (χ3v) is 6.73. The molecule has 0 aliphatic heterocycles. The predicted octanol–water partition coefficient (Wildman–Crippen LogP) is 4.46. The second-order valence-electron chi connectivity index (χ2n) is 8.50.